The van der Waals surface area contributed by atoms with Gasteiger partial charge in [-0.25, -0.2) is 4.39 Å². The first-order chi connectivity index (χ1) is 9.02. The molecule has 0 aromatic heterocycles. The molecule has 0 radical (unpaired) electrons. The minimum absolute atomic E-state index is 0.0150. The Morgan fingerprint density at radius 2 is 2.21 bits per heavy atom. The highest BCUT2D eigenvalue weighted by Gasteiger charge is 2.31. The largest absolute Gasteiger partial charge is 0.334 e. The molecule has 2 rings (SSSR count). The molecule has 0 spiro atoms. The number of hydrogen-bond donors (Lipinski definition) is 1. The van der Waals surface area contributed by atoms with Crippen molar-refractivity contribution in [1.82, 2.24) is 4.90 Å². The molecule has 1 heterocycles. The van der Waals surface area contributed by atoms with Crippen LogP contribution in [0.15, 0.2) is 18.2 Å². The maximum absolute atomic E-state index is 14.1. The van der Waals surface area contributed by atoms with Crippen LogP contribution in [0.25, 0.3) is 0 Å². The number of nitrogens with two attached hydrogens (primary N) is 1. The fourth-order valence-corrected chi connectivity index (χ4v) is 2.72. The maximum Gasteiger partial charge on any atom is 0.257 e. The fourth-order valence-electron chi connectivity index (χ4n) is 2.72. The summed E-state index contributed by atoms with van der Waals surface area (Å²) in [6.07, 6.45) is 2.94. The van der Waals surface area contributed by atoms with E-state index >= 15 is 0 Å². The number of carbonyl (C=O) groups is 1. The fraction of sp³-hybridized carbons (Fsp3) is 0.533. The maximum atomic E-state index is 14.1. The number of hydrogen-bond acceptors (Lipinski definition) is 2. The molecule has 1 aromatic carbocycles. The summed E-state index contributed by atoms with van der Waals surface area (Å²) in [4.78, 5) is 14.3. The second kappa shape index (κ2) is 5.70. The van der Waals surface area contributed by atoms with Crippen LogP contribution in [0.3, 0.4) is 0 Å². The highest BCUT2D eigenvalue weighted by Crippen LogP contribution is 2.23. The molecule has 2 atom stereocenters. The van der Waals surface area contributed by atoms with Crippen LogP contribution < -0.4 is 5.73 Å². The Hall–Kier alpha value is -1.42. The lowest BCUT2D eigenvalue weighted by molar-refractivity contribution is 0.0579. The first kappa shape index (κ1) is 14.0. The highest BCUT2D eigenvalue weighted by molar-refractivity contribution is 5.95. The zero-order valence-electron chi connectivity index (χ0n) is 11.5. The van der Waals surface area contributed by atoms with Gasteiger partial charge in [-0.2, -0.15) is 0 Å². The van der Waals surface area contributed by atoms with Crippen LogP contribution >= 0.6 is 0 Å². The molecule has 1 amide bonds. The van der Waals surface area contributed by atoms with Gasteiger partial charge in [-0.1, -0.05) is 12.1 Å². The van der Waals surface area contributed by atoms with E-state index < -0.39 is 5.82 Å². The summed E-state index contributed by atoms with van der Waals surface area (Å²) in [6.45, 7) is 4.24. The first-order valence-electron chi connectivity index (χ1n) is 6.84. The van der Waals surface area contributed by atoms with Crippen LogP contribution in [-0.2, 0) is 0 Å². The third kappa shape index (κ3) is 2.78. The van der Waals surface area contributed by atoms with Gasteiger partial charge in [0.1, 0.15) is 5.82 Å². The molecule has 1 aliphatic heterocycles. The third-order valence-electron chi connectivity index (χ3n) is 3.84. The Morgan fingerprint density at radius 1 is 1.47 bits per heavy atom. The minimum Gasteiger partial charge on any atom is -0.334 e. The number of likely N-dealkylation sites (tertiary alicyclic amines) is 1. The molecule has 4 heteroatoms. The van der Waals surface area contributed by atoms with Crippen molar-refractivity contribution in [3.63, 3.8) is 0 Å². The molecule has 1 fully saturated rings. The van der Waals surface area contributed by atoms with Gasteiger partial charge in [0, 0.05) is 18.6 Å². The second-order valence-corrected chi connectivity index (χ2v) is 5.36. The van der Waals surface area contributed by atoms with Crippen molar-refractivity contribution in [3.05, 3.63) is 35.1 Å². The zero-order chi connectivity index (χ0) is 14.0. The molecule has 1 saturated heterocycles. The van der Waals surface area contributed by atoms with Crippen molar-refractivity contribution >= 4 is 5.91 Å². The minimum atomic E-state index is -0.415. The molecule has 0 saturated carbocycles. The van der Waals surface area contributed by atoms with Gasteiger partial charge < -0.3 is 10.6 Å². The average molecular weight is 264 g/mol. The molecule has 2 N–H and O–H groups in total. The topological polar surface area (TPSA) is 46.3 Å². The van der Waals surface area contributed by atoms with Crippen molar-refractivity contribution in [1.29, 1.82) is 0 Å². The van der Waals surface area contributed by atoms with Gasteiger partial charge >= 0.3 is 0 Å². The molecule has 3 nitrogen and oxygen atoms in total. The van der Waals surface area contributed by atoms with Gasteiger partial charge in [-0.3, -0.25) is 4.79 Å². The van der Waals surface area contributed by atoms with Crippen molar-refractivity contribution in [2.24, 2.45) is 5.73 Å². The van der Waals surface area contributed by atoms with Gasteiger partial charge in [0.05, 0.1) is 5.56 Å². The molecule has 1 aromatic rings. The molecule has 19 heavy (non-hydrogen) atoms. The van der Waals surface area contributed by atoms with Gasteiger partial charge in [-0.15, -0.1) is 0 Å². The number of halogens is 1. The van der Waals surface area contributed by atoms with Gasteiger partial charge in [0.2, 0.25) is 0 Å². The summed E-state index contributed by atoms with van der Waals surface area (Å²) in [7, 11) is 0. The van der Waals surface area contributed by atoms with Crippen molar-refractivity contribution < 1.29 is 9.18 Å². The standard InChI is InChI=1S/C15H21FN2O/c1-10-6-5-7-12(14(10)16)15(19)18-9-4-3-8-13(18)11(2)17/h5-7,11,13H,3-4,8-9,17H2,1-2H3/t11-,13+/m1/s1. The summed E-state index contributed by atoms with van der Waals surface area (Å²) in [5, 5.41) is 0. The SMILES string of the molecule is Cc1cccc(C(=O)N2CCCC[C@H]2[C@@H](C)N)c1F. The lowest BCUT2D eigenvalue weighted by atomic mass is 9.95. The highest BCUT2D eigenvalue weighted by atomic mass is 19.1. The van der Waals surface area contributed by atoms with Gasteiger partial charge in [0.25, 0.3) is 5.91 Å². The monoisotopic (exact) mass is 264 g/mol. The van der Waals surface area contributed by atoms with Crippen LogP contribution in [0.2, 0.25) is 0 Å². The van der Waals surface area contributed by atoms with Gasteiger partial charge in [0.15, 0.2) is 0 Å². The van der Waals surface area contributed by atoms with E-state index in [2.05, 4.69) is 0 Å². The molecule has 1 aliphatic rings. The van der Waals surface area contributed by atoms with E-state index in [0.717, 1.165) is 19.3 Å². The van der Waals surface area contributed by atoms with E-state index in [1.807, 2.05) is 6.92 Å². The van der Waals surface area contributed by atoms with Crippen molar-refractivity contribution in [2.45, 2.75) is 45.2 Å². The van der Waals surface area contributed by atoms with E-state index in [-0.39, 0.29) is 23.6 Å². The Balaban J connectivity index is 2.29. The Bertz CT molecular complexity index is 473. The Morgan fingerprint density at radius 3 is 2.89 bits per heavy atom. The average Bonchev–Trinajstić information content (AvgIpc) is 2.41. The smallest absolute Gasteiger partial charge is 0.257 e. The van der Waals surface area contributed by atoms with Crippen LogP contribution in [-0.4, -0.2) is 29.4 Å². The summed E-state index contributed by atoms with van der Waals surface area (Å²) >= 11 is 0. The number of piperidine rings is 1. The lowest BCUT2D eigenvalue weighted by Crippen LogP contribution is -2.51. The second-order valence-electron chi connectivity index (χ2n) is 5.36. The summed E-state index contributed by atoms with van der Waals surface area (Å²) in [5.74, 6) is -0.648. The Kier molecular flexibility index (Phi) is 4.20. The number of nitrogens with zero attached hydrogens (tertiary/aromatic N) is 1. The van der Waals surface area contributed by atoms with Crippen molar-refractivity contribution in [2.75, 3.05) is 6.54 Å². The third-order valence-corrected chi connectivity index (χ3v) is 3.84. The van der Waals surface area contributed by atoms with Crippen LogP contribution in [0.5, 0.6) is 0 Å². The summed E-state index contributed by atoms with van der Waals surface area (Å²) in [5.41, 5.74) is 6.61. The van der Waals surface area contributed by atoms with Gasteiger partial charge in [-0.05, 0) is 44.7 Å². The lowest BCUT2D eigenvalue weighted by Gasteiger charge is -2.38. The van der Waals surface area contributed by atoms with Crippen LogP contribution in [0.4, 0.5) is 4.39 Å². The normalized spacial score (nSPS) is 21.3. The number of benzene rings is 1. The molecule has 0 bridgehead atoms. The summed E-state index contributed by atoms with van der Waals surface area (Å²) < 4.78 is 14.1. The quantitative estimate of drug-likeness (QED) is 0.892. The molecule has 0 aliphatic carbocycles. The van der Waals surface area contributed by atoms with Crippen LogP contribution in [0.1, 0.15) is 42.1 Å². The number of rotatable bonds is 2. The van der Waals surface area contributed by atoms with E-state index in [0.29, 0.717) is 12.1 Å². The number of carbonyl (C=O) groups excluding carboxylic acids is 1. The predicted octanol–water partition coefficient (Wildman–Crippen LogP) is 2.48. The molecule has 0 unspecified atom stereocenters. The van der Waals surface area contributed by atoms with Crippen molar-refractivity contribution in [3.8, 4) is 0 Å². The van der Waals surface area contributed by atoms with E-state index in [1.54, 1.807) is 30.0 Å². The number of aryl methyl sites for hydroxylation is 1. The Labute approximate surface area is 113 Å². The van der Waals surface area contributed by atoms with Crippen LogP contribution in [0, 0.1) is 12.7 Å². The first-order valence-corrected chi connectivity index (χ1v) is 6.84. The van der Waals surface area contributed by atoms with E-state index in [1.165, 1.54) is 0 Å². The molecular formula is C15H21FN2O. The number of amides is 1. The van der Waals surface area contributed by atoms with E-state index in [9.17, 15) is 9.18 Å². The zero-order valence-corrected chi connectivity index (χ0v) is 11.5. The molecule has 104 valence electrons. The van der Waals surface area contributed by atoms with E-state index in [4.69, 9.17) is 5.73 Å². The summed E-state index contributed by atoms with van der Waals surface area (Å²) in [6, 6.07) is 4.87. The molecular weight excluding hydrogens is 243 g/mol. The predicted molar refractivity (Wildman–Crippen MR) is 73.5 cm³/mol.